The van der Waals surface area contributed by atoms with Crippen molar-refractivity contribution < 1.29 is 22.7 Å². The number of amides is 2. The zero-order chi connectivity index (χ0) is 22.1. The van der Waals surface area contributed by atoms with E-state index in [0.29, 0.717) is 11.4 Å². The van der Waals surface area contributed by atoms with Crippen LogP contribution in [-0.2, 0) is 27.5 Å². The van der Waals surface area contributed by atoms with Gasteiger partial charge in [0.1, 0.15) is 5.60 Å². The summed E-state index contributed by atoms with van der Waals surface area (Å²) in [6.45, 7) is 7.00. The van der Waals surface area contributed by atoms with Crippen LogP contribution in [0, 0.1) is 0 Å². The zero-order valence-electron chi connectivity index (χ0n) is 17.6. The van der Waals surface area contributed by atoms with Crippen molar-refractivity contribution in [2.24, 2.45) is 0 Å². The number of hydrogen-bond acceptors (Lipinski definition) is 8. The van der Waals surface area contributed by atoms with Gasteiger partial charge in [-0.05, 0) is 43.0 Å². The number of carbonyl (C=O) groups is 2. The lowest BCUT2D eigenvalue weighted by Crippen LogP contribution is -2.50. The molecule has 2 unspecified atom stereocenters. The summed E-state index contributed by atoms with van der Waals surface area (Å²) >= 11 is 1.38. The van der Waals surface area contributed by atoms with E-state index in [4.69, 9.17) is 4.74 Å². The Labute approximate surface area is 183 Å². The van der Waals surface area contributed by atoms with Crippen LogP contribution in [-0.4, -0.2) is 72.7 Å². The third kappa shape index (κ3) is 6.35. The standard InChI is InChI=1S/C18H29N4O5PS2/c1-18(2,3)27-17(24)20-11-6-8-30(25,26)10-13(11)28-21-15(23)16-19-12-5-7-22(4)9-14(12)29-16/h11,13,28H,5-10H2,1-4H3,(H,20,24)(H,21,23)/t11-,13?/m1/s1. The third-order valence-corrected chi connectivity index (χ3v) is 9.30. The van der Waals surface area contributed by atoms with Crippen molar-refractivity contribution in [3.63, 3.8) is 0 Å². The van der Waals surface area contributed by atoms with E-state index in [9.17, 15) is 18.0 Å². The normalized spacial score (nSPS) is 24.4. The highest BCUT2D eigenvalue weighted by Gasteiger charge is 2.35. The molecule has 2 aliphatic heterocycles. The van der Waals surface area contributed by atoms with Gasteiger partial charge in [-0.15, -0.1) is 11.3 Å². The van der Waals surface area contributed by atoms with Crippen LogP contribution in [0.25, 0.3) is 0 Å². The lowest BCUT2D eigenvalue weighted by Gasteiger charge is -2.32. The highest BCUT2D eigenvalue weighted by atomic mass is 32.2. The topological polar surface area (TPSA) is 118 Å². The number of ether oxygens (including phenoxy) is 1. The molecule has 30 heavy (non-hydrogen) atoms. The molecule has 0 aromatic carbocycles. The Kier molecular flexibility index (Phi) is 7.06. The molecule has 2 N–H and O–H groups in total. The first-order valence-electron chi connectivity index (χ1n) is 9.85. The second-order valence-corrected chi connectivity index (χ2v) is 13.3. The van der Waals surface area contributed by atoms with E-state index in [-0.39, 0.29) is 32.2 Å². The molecule has 0 aliphatic carbocycles. The van der Waals surface area contributed by atoms with Gasteiger partial charge in [-0.2, -0.15) is 0 Å². The van der Waals surface area contributed by atoms with Crippen molar-refractivity contribution in [2.75, 3.05) is 25.1 Å². The van der Waals surface area contributed by atoms with Gasteiger partial charge in [-0.1, -0.05) is 0 Å². The number of likely N-dealkylation sites (N-methyl/N-ethyl adjacent to an activating group) is 1. The Morgan fingerprint density at radius 3 is 2.77 bits per heavy atom. The van der Waals surface area contributed by atoms with Gasteiger partial charge >= 0.3 is 6.09 Å². The Bertz CT molecular complexity index is 912. The molecule has 0 saturated carbocycles. The van der Waals surface area contributed by atoms with Gasteiger partial charge in [-0.3, -0.25) is 4.79 Å². The Morgan fingerprint density at radius 1 is 1.33 bits per heavy atom. The van der Waals surface area contributed by atoms with Crippen molar-refractivity contribution in [1.29, 1.82) is 0 Å². The fourth-order valence-electron chi connectivity index (χ4n) is 3.39. The van der Waals surface area contributed by atoms with Crippen LogP contribution in [0.1, 0.15) is 47.6 Å². The van der Waals surface area contributed by atoms with Crippen molar-refractivity contribution in [2.45, 2.75) is 57.5 Å². The van der Waals surface area contributed by atoms with Crippen LogP contribution in [0.15, 0.2) is 0 Å². The summed E-state index contributed by atoms with van der Waals surface area (Å²) in [5.74, 6) is -0.366. The van der Waals surface area contributed by atoms with Gasteiger partial charge in [0.2, 0.25) is 0 Å². The molecule has 9 nitrogen and oxygen atoms in total. The lowest BCUT2D eigenvalue weighted by atomic mass is 10.1. The SMILES string of the molecule is CN1CCc2nc(C(=O)NPC3CS(=O)(=O)CC[C@H]3NC(=O)OC(C)(C)C)sc2C1. The maximum atomic E-state index is 12.6. The summed E-state index contributed by atoms with van der Waals surface area (Å²) in [4.78, 5) is 32.5. The average molecular weight is 477 g/mol. The largest absolute Gasteiger partial charge is 0.444 e. The molecular formula is C18H29N4O5PS2. The maximum Gasteiger partial charge on any atom is 0.407 e. The molecule has 2 amide bonds. The number of nitrogens with zero attached hydrogens (tertiary/aromatic N) is 2. The first-order valence-corrected chi connectivity index (χ1v) is 13.6. The molecular weight excluding hydrogens is 447 g/mol. The minimum atomic E-state index is -3.21. The van der Waals surface area contributed by atoms with Gasteiger partial charge in [0.15, 0.2) is 14.8 Å². The lowest BCUT2D eigenvalue weighted by molar-refractivity contribution is 0.0502. The Balaban J connectivity index is 1.63. The van der Waals surface area contributed by atoms with Crippen molar-refractivity contribution >= 4 is 41.9 Å². The summed E-state index contributed by atoms with van der Waals surface area (Å²) < 4.78 is 29.6. The third-order valence-electron chi connectivity index (χ3n) is 4.85. The van der Waals surface area contributed by atoms with Crippen LogP contribution in [0.5, 0.6) is 0 Å². The quantitative estimate of drug-likeness (QED) is 0.633. The molecule has 1 aromatic rings. The van der Waals surface area contributed by atoms with E-state index in [2.05, 4.69) is 20.3 Å². The van der Waals surface area contributed by atoms with Crippen LogP contribution in [0.4, 0.5) is 4.79 Å². The summed E-state index contributed by atoms with van der Waals surface area (Å²) in [5.41, 5.74) is -0.0771. The monoisotopic (exact) mass is 476 g/mol. The van der Waals surface area contributed by atoms with E-state index in [1.165, 1.54) is 11.3 Å². The molecule has 1 saturated heterocycles. The number of alkyl carbamates (subject to hydrolysis) is 1. The number of fused-ring (bicyclic) bond motifs is 1. The molecule has 168 valence electrons. The van der Waals surface area contributed by atoms with Gasteiger partial charge in [-0.25, -0.2) is 18.2 Å². The zero-order valence-corrected chi connectivity index (χ0v) is 20.3. The first kappa shape index (κ1) is 23.4. The minimum absolute atomic E-state index is 0.00904. The number of sulfone groups is 1. The molecule has 1 fully saturated rings. The van der Waals surface area contributed by atoms with Crippen LogP contribution >= 0.6 is 20.1 Å². The number of carbonyl (C=O) groups excluding carboxylic acids is 2. The van der Waals surface area contributed by atoms with E-state index in [1.54, 1.807) is 20.8 Å². The average Bonchev–Trinajstić information content (AvgIpc) is 3.03. The molecule has 2 aliphatic rings. The molecule has 0 radical (unpaired) electrons. The minimum Gasteiger partial charge on any atom is -0.444 e. The first-order chi connectivity index (χ1) is 13.9. The highest BCUT2D eigenvalue weighted by molar-refractivity contribution is 7.91. The van der Waals surface area contributed by atoms with Gasteiger partial charge in [0.05, 0.1) is 17.2 Å². The van der Waals surface area contributed by atoms with E-state index in [0.717, 1.165) is 30.1 Å². The molecule has 1 aromatic heterocycles. The smallest absolute Gasteiger partial charge is 0.407 e. The second-order valence-electron chi connectivity index (χ2n) is 8.74. The molecule has 3 rings (SSSR count). The molecule has 3 atom stereocenters. The number of aromatic nitrogens is 1. The van der Waals surface area contributed by atoms with E-state index < -0.39 is 27.2 Å². The highest BCUT2D eigenvalue weighted by Crippen LogP contribution is 2.29. The predicted octanol–water partition coefficient (Wildman–Crippen LogP) is 1.53. The second kappa shape index (κ2) is 9.06. The van der Waals surface area contributed by atoms with Gasteiger partial charge < -0.3 is 20.0 Å². The number of thiazole rings is 1. The molecule has 12 heteroatoms. The number of nitrogens with one attached hydrogen (secondary N) is 2. The molecule has 3 heterocycles. The summed E-state index contributed by atoms with van der Waals surface area (Å²) in [7, 11) is -1.33. The Hall–Kier alpha value is -1.29. The van der Waals surface area contributed by atoms with Crippen molar-refractivity contribution in [3.8, 4) is 0 Å². The summed E-state index contributed by atoms with van der Waals surface area (Å²) in [6, 6.07) is -0.375. The number of hydrogen-bond donors (Lipinski definition) is 2. The van der Waals surface area contributed by atoms with E-state index >= 15 is 0 Å². The fourth-order valence-corrected chi connectivity index (χ4v) is 8.10. The van der Waals surface area contributed by atoms with Gasteiger partial charge in [0.25, 0.3) is 5.91 Å². The Morgan fingerprint density at radius 2 is 2.07 bits per heavy atom. The summed E-state index contributed by atoms with van der Waals surface area (Å²) in [6.07, 6.45) is 0.540. The molecule has 0 bridgehead atoms. The number of rotatable bonds is 4. The predicted molar refractivity (Wildman–Crippen MR) is 118 cm³/mol. The van der Waals surface area contributed by atoms with Crippen molar-refractivity contribution in [1.82, 2.24) is 20.3 Å². The van der Waals surface area contributed by atoms with E-state index in [1.807, 2.05) is 7.05 Å². The molecule has 0 spiro atoms. The van der Waals surface area contributed by atoms with Gasteiger partial charge in [0, 0.05) is 36.1 Å². The van der Waals surface area contributed by atoms with Crippen molar-refractivity contribution in [3.05, 3.63) is 15.6 Å². The fraction of sp³-hybridized carbons (Fsp3) is 0.722. The van der Waals surface area contributed by atoms with Crippen LogP contribution < -0.4 is 10.4 Å². The van der Waals surface area contributed by atoms with Crippen LogP contribution in [0.3, 0.4) is 0 Å². The van der Waals surface area contributed by atoms with Crippen LogP contribution in [0.2, 0.25) is 0 Å². The maximum absolute atomic E-state index is 12.6. The summed E-state index contributed by atoms with van der Waals surface area (Å²) in [5, 5.41) is 6.03.